The number of ether oxygens (including phenoxy) is 3. The first-order valence-electron chi connectivity index (χ1n) is 16.1. The number of aromatic nitrogens is 2. The summed E-state index contributed by atoms with van der Waals surface area (Å²) in [6, 6.07) is 14.8. The predicted molar refractivity (Wildman–Crippen MR) is 174 cm³/mol. The summed E-state index contributed by atoms with van der Waals surface area (Å²) in [6.45, 7) is 8.20. The monoisotopic (exact) mass is 663 g/mol. The molecule has 2 aromatic carbocycles. The number of carbonyl (C=O) groups excluding carboxylic acids is 1. The van der Waals surface area contributed by atoms with Gasteiger partial charge >= 0.3 is 5.92 Å². The van der Waals surface area contributed by atoms with E-state index in [1.807, 2.05) is 31.2 Å². The minimum Gasteiger partial charge on any atom is -0.492 e. The molecule has 0 radical (unpaired) electrons. The minimum atomic E-state index is -3.37. The molecule has 1 amide bonds. The van der Waals surface area contributed by atoms with Crippen molar-refractivity contribution in [2.24, 2.45) is 0 Å². The fourth-order valence-corrected chi connectivity index (χ4v) is 6.14. The van der Waals surface area contributed by atoms with E-state index in [9.17, 15) is 23.9 Å². The van der Waals surface area contributed by atoms with E-state index in [1.165, 1.54) is 19.1 Å². The molecular formula is C34H39F2N7O5. The molecule has 3 aromatic rings. The number of aliphatic hydroxyl groups is 1. The van der Waals surface area contributed by atoms with Crippen molar-refractivity contribution in [3.05, 3.63) is 54.2 Å². The zero-order valence-electron chi connectivity index (χ0n) is 26.9. The molecule has 0 spiro atoms. The summed E-state index contributed by atoms with van der Waals surface area (Å²) >= 11 is 0. The summed E-state index contributed by atoms with van der Waals surface area (Å²) in [5, 5.41) is 22.6. The lowest BCUT2D eigenvalue weighted by Crippen LogP contribution is -2.56. The van der Waals surface area contributed by atoms with E-state index in [4.69, 9.17) is 14.2 Å². The Morgan fingerprint density at radius 3 is 2.60 bits per heavy atom. The Kier molecular flexibility index (Phi) is 9.91. The lowest BCUT2D eigenvalue weighted by molar-refractivity contribution is -0.165. The number of carbonyl (C=O) groups is 1. The second kappa shape index (κ2) is 14.3. The highest BCUT2D eigenvalue weighted by Crippen LogP contribution is 2.35. The van der Waals surface area contributed by atoms with Gasteiger partial charge in [-0.2, -0.15) is 5.26 Å². The molecule has 1 aromatic heterocycles. The number of nitrogens with zero attached hydrogens (tertiary/aromatic N) is 6. The van der Waals surface area contributed by atoms with Crippen LogP contribution in [-0.2, 0) is 9.53 Å². The summed E-state index contributed by atoms with van der Waals surface area (Å²) in [7, 11) is 0. The highest BCUT2D eigenvalue weighted by molar-refractivity contribution is 5.80. The molecule has 3 aliphatic rings. The third kappa shape index (κ3) is 7.28. The van der Waals surface area contributed by atoms with E-state index >= 15 is 0 Å². The maximum atomic E-state index is 14.9. The van der Waals surface area contributed by atoms with Crippen molar-refractivity contribution in [2.75, 3.05) is 69.3 Å². The summed E-state index contributed by atoms with van der Waals surface area (Å²) in [5.41, 5.74) is 2.93. The first-order chi connectivity index (χ1) is 23.1. The van der Waals surface area contributed by atoms with Gasteiger partial charge in [0.2, 0.25) is 5.95 Å². The maximum absolute atomic E-state index is 14.9. The van der Waals surface area contributed by atoms with Gasteiger partial charge in [0.05, 0.1) is 49.4 Å². The van der Waals surface area contributed by atoms with Gasteiger partial charge in [0.25, 0.3) is 5.91 Å². The molecule has 3 fully saturated rings. The number of anilines is 3. The molecule has 4 heterocycles. The Balaban J connectivity index is 1.13. The Hall–Kier alpha value is -4.58. The maximum Gasteiger partial charge on any atom is 0.301 e. The van der Waals surface area contributed by atoms with Crippen molar-refractivity contribution in [1.29, 1.82) is 5.26 Å². The van der Waals surface area contributed by atoms with Crippen LogP contribution in [-0.4, -0.2) is 114 Å². The van der Waals surface area contributed by atoms with E-state index < -0.39 is 30.6 Å². The van der Waals surface area contributed by atoms with Gasteiger partial charge in [-0.15, -0.1) is 0 Å². The molecule has 48 heavy (non-hydrogen) atoms. The molecule has 254 valence electrons. The average molecular weight is 664 g/mol. The molecule has 2 N–H and O–H groups in total. The van der Waals surface area contributed by atoms with Crippen LogP contribution in [0.15, 0.2) is 48.7 Å². The number of amides is 1. The highest BCUT2D eigenvalue weighted by atomic mass is 19.3. The molecule has 2 atom stereocenters. The van der Waals surface area contributed by atoms with Crippen molar-refractivity contribution in [2.45, 2.75) is 44.4 Å². The van der Waals surface area contributed by atoms with E-state index in [-0.39, 0.29) is 24.3 Å². The van der Waals surface area contributed by atoms with E-state index in [2.05, 4.69) is 25.1 Å². The van der Waals surface area contributed by atoms with E-state index in [1.54, 1.807) is 18.3 Å². The van der Waals surface area contributed by atoms with Crippen LogP contribution in [0.2, 0.25) is 0 Å². The first-order valence-corrected chi connectivity index (χ1v) is 16.1. The molecule has 2 unspecified atom stereocenters. The largest absolute Gasteiger partial charge is 0.492 e. The number of benzene rings is 2. The summed E-state index contributed by atoms with van der Waals surface area (Å²) < 4.78 is 46.9. The first kappa shape index (κ1) is 33.3. The number of halogens is 2. The third-order valence-electron chi connectivity index (χ3n) is 8.83. The molecule has 6 rings (SSSR count). The van der Waals surface area contributed by atoms with Crippen LogP contribution in [0.25, 0.3) is 11.3 Å². The number of rotatable bonds is 10. The van der Waals surface area contributed by atoms with Crippen molar-refractivity contribution < 1.29 is 32.9 Å². The molecule has 3 aliphatic heterocycles. The smallest absolute Gasteiger partial charge is 0.301 e. The van der Waals surface area contributed by atoms with Crippen LogP contribution >= 0.6 is 0 Å². The summed E-state index contributed by atoms with van der Waals surface area (Å²) in [6.07, 6.45) is -1.47. The van der Waals surface area contributed by atoms with E-state index in [0.717, 1.165) is 61.4 Å². The molecule has 3 saturated heterocycles. The minimum absolute atomic E-state index is 0.00300. The lowest BCUT2D eigenvalue weighted by Gasteiger charge is -2.43. The Morgan fingerprint density at radius 1 is 1.15 bits per heavy atom. The Bertz CT molecular complexity index is 1660. The summed E-state index contributed by atoms with van der Waals surface area (Å²) in [5.74, 6) is -3.03. The standard InChI is InChI=1S/C34H39F2N7O5/c1-3-47-30-17-25(5-6-28(30)42-14-12-41(13-15-42)26-19-46-20-26)39-33-38-10-8-27(40-33)23-4-7-29(24(16-23)18-37)48-31-9-11-43(21-34(31,35)36)32(45)22(2)44/h4-8,10,16-17,22,26,31,44H,3,9,11-15,19-21H2,1-2H3,(H,38,39,40). The van der Waals surface area contributed by atoms with Crippen LogP contribution in [0.5, 0.6) is 11.5 Å². The second-order valence-electron chi connectivity index (χ2n) is 12.1. The van der Waals surface area contributed by atoms with Crippen molar-refractivity contribution in [1.82, 2.24) is 19.8 Å². The predicted octanol–water partition coefficient (Wildman–Crippen LogP) is 3.67. The number of aliphatic hydroxyl groups excluding tert-OH is 1. The number of hydrogen-bond acceptors (Lipinski definition) is 11. The number of hydrogen-bond donors (Lipinski definition) is 2. The van der Waals surface area contributed by atoms with Gasteiger partial charge in [-0.05, 0) is 50.2 Å². The Morgan fingerprint density at radius 2 is 1.94 bits per heavy atom. The number of nitriles is 1. The Labute approximate surface area is 277 Å². The van der Waals surface area contributed by atoms with Gasteiger partial charge in [0.15, 0.2) is 6.10 Å². The topological polar surface area (TPSA) is 136 Å². The van der Waals surface area contributed by atoms with Crippen LogP contribution in [0, 0.1) is 11.3 Å². The van der Waals surface area contributed by atoms with Crippen molar-refractivity contribution in [3.8, 4) is 28.8 Å². The van der Waals surface area contributed by atoms with E-state index in [0.29, 0.717) is 29.9 Å². The summed E-state index contributed by atoms with van der Waals surface area (Å²) in [4.78, 5) is 26.8. The third-order valence-corrected chi connectivity index (χ3v) is 8.83. The molecule has 12 nitrogen and oxygen atoms in total. The van der Waals surface area contributed by atoms with Crippen LogP contribution in [0.4, 0.5) is 26.1 Å². The van der Waals surface area contributed by atoms with Crippen LogP contribution in [0.1, 0.15) is 25.8 Å². The molecular weight excluding hydrogens is 624 g/mol. The number of likely N-dealkylation sites (tertiary alicyclic amines) is 1. The van der Waals surface area contributed by atoms with Gasteiger partial charge in [0, 0.05) is 62.7 Å². The zero-order valence-corrected chi connectivity index (χ0v) is 26.9. The van der Waals surface area contributed by atoms with Crippen molar-refractivity contribution >= 4 is 23.2 Å². The normalized spacial score (nSPS) is 20.4. The fraction of sp³-hybridized carbons (Fsp3) is 0.471. The SMILES string of the molecule is CCOc1cc(Nc2nccc(-c3ccc(OC4CCN(C(=O)C(C)O)CC4(F)F)c(C#N)c3)n2)ccc1N1CCN(C2COC2)CC1. The van der Waals surface area contributed by atoms with Gasteiger partial charge in [-0.3, -0.25) is 9.69 Å². The number of nitrogens with one attached hydrogen (secondary N) is 1. The molecule has 0 saturated carbocycles. The van der Waals surface area contributed by atoms with Crippen LogP contribution in [0.3, 0.4) is 0 Å². The van der Waals surface area contributed by atoms with Gasteiger partial charge in [0.1, 0.15) is 23.7 Å². The lowest BCUT2D eigenvalue weighted by atomic mass is 10.0. The van der Waals surface area contributed by atoms with Crippen LogP contribution < -0.4 is 19.7 Å². The molecule has 0 aliphatic carbocycles. The average Bonchev–Trinajstić information content (AvgIpc) is 3.05. The number of alkyl halides is 2. The highest BCUT2D eigenvalue weighted by Gasteiger charge is 2.48. The van der Waals surface area contributed by atoms with Crippen molar-refractivity contribution in [3.63, 3.8) is 0 Å². The molecule has 14 heteroatoms. The second-order valence-corrected chi connectivity index (χ2v) is 12.1. The number of piperidine rings is 1. The van der Waals surface area contributed by atoms with Gasteiger partial charge in [-0.25, -0.2) is 18.7 Å². The van der Waals surface area contributed by atoms with Gasteiger partial charge in [-0.1, -0.05) is 0 Å². The molecule has 0 bridgehead atoms. The zero-order chi connectivity index (χ0) is 33.8. The quantitative estimate of drug-likeness (QED) is 0.329. The van der Waals surface area contributed by atoms with Gasteiger partial charge < -0.3 is 34.4 Å². The fourth-order valence-electron chi connectivity index (χ4n) is 6.14. The number of piperazine rings is 1.